The largest absolute Gasteiger partial charge is 0.496 e. The molecule has 1 amide bonds. The van der Waals surface area contributed by atoms with E-state index >= 15 is 4.39 Å². The first-order valence-corrected chi connectivity index (χ1v) is 12.3. The van der Waals surface area contributed by atoms with Crippen molar-refractivity contribution >= 4 is 46.0 Å². The zero-order valence-corrected chi connectivity index (χ0v) is 22.3. The lowest BCUT2D eigenvalue weighted by Crippen LogP contribution is -2.55. The molecule has 0 spiro atoms. The minimum Gasteiger partial charge on any atom is -0.496 e. The van der Waals surface area contributed by atoms with Crippen LogP contribution >= 0.6 is 23.2 Å². The molecule has 1 atom stereocenters. The molecular weight excluding hydrogens is 525 g/mol. The molecule has 0 unspecified atom stereocenters. The molecule has 0 N–H and O–H groups in total. The predicted molar refractivity (Wildman–Crippen MR) is 141 cm³/mol. The molecule has 3 aromatic rings. The van der Waals surface area contributed by atoms with Crippen LogP contribution in [0.2, 0.25) is 10.3 Å². The van der Waals surface area contributed by atoms with E-state index in [1.807, 2.05) is 4.90 Å². The van der Waals surface area contributed by atoms with Gasteiger partial charge in [-0.15, -0.1) is 6.58 Å². The van der Waals surface area contributed by atoms with Gasteiger partial charge in [0.05, 0.1) is 23.7 Å². The van der Waals surface area contributed by atoms with Crippen LogP contribution in [0.4, 0.5) is 19.4 Å². The zero-order valence-electron chi connectivity index (χ0n) is 20.8. The van der Waals surface area contributed by atoms with Crippen molar-refractivity contribution in [3.8, 4) is 16.9 Å². The highest BCUT2D eigenvalue weighted by Gasteiger charge is 2.33. The maximum atomic E-state index is 16.0. The second-order valence-corrected chi connectivity index (χ2v) is 10.2. The van der Waals surface area contributed by atoms with Gasteiger partial charge in [0, 0.05) is 30.6 Å². The molecule has 7 nitrogen and oxygen atoms in total. The van der Waals surface area contributed by atoms with Gasteiger partial charge in [0.25, 0.3) is 0 Å². The molecule has 0 bridgehead atoms. The van der Waals surface area contributed by atoms with Crippen LogP contribution in [-0.4, -0.2) is 59.3 Å². The quantitative estimate of drug-likeness (QED) is 0.272. The number of ether oxygens (including phenoxy) is 2. The Labute approximate surface area is 223 Å². The van der Waals surface area contributed by atoms with Crippen LogP contribution in [0.15, 0.2) is 36.9 Å². The summed E-state index contributed by atoms with van der Waals surface area (Å²) in [5.74, 6) is -1.13. The first kappa shape index (κ1) is 26.9. The van der Waals surface area contributed by atoms with E-state index in [1.54, 1.807) is 31.7 Å². The topological polar surface area (TPSA) is 67.8 Å². The van der Waals surface area contributed by atoms with Gasteiger partial charge >= 0.3 is 6.09 Å². The molecule has 0 radical (unpaired) electrons. The van der Waals surface area contributed by atoms with Crippen LogP contribution in [0.3, 0.4) is 0 Å². The summed E-state index contributed by atoms with van der Waals surface area (Å²) >= 11 is 12.8. The molecule has 196 valence electrons. The van der Waals surface area contributed by atoms with E-state index < -0.39 is 23.3 Å². The Morgan fingerprint density at radius 3 is 2.57 bits per heavy atom. The Bertz CT molecular complexity index is 1380. The Morgan fingerprint density at radius 1 is 1.19 bits per heavy atom. The Hall–Kier alpha value is -3.17. The Kier molecular flexibility index (Phi) is 7.48. The van der Waals surface area contributed by atoms with Gasteiger partial charge in [-0.2, -0.15) is 4.98 Å². The number of rotatable bonds is 4. The number of hydrogen-bond acceptors (Lipinski definition) is 6. The zero-order chi connectivity index (χ0) is 27.1. The molecule has 37 heavy (non-hydrogen) atoms. The Balaban J connectivity index is 1.80. The summed E-state index contributed by atoms with van der Waals surface area (Å²) in [5.41, 5.74) is -1.08. The van der Waals surface area contributed by atoms with E-state index in [0.29, 0.717) is 18.9 Å². The number of amides is 1. The number of carbonyl (C=O) groups excluding carboxylic acids is 1. The highest BCUT2D eigenvalue weighted by atomic mass is 35.5. The van der Waals surface area contributed by atoms with Crippen LogP contribution in [0.1, 0.15) is 20.8 Å². The van der Waals surface area contributed by atoms with Gasteiger partial charge in [0.2, 0.25) is 5.28 Å². The molecule has 1 fully saturated rings. The first-order chi connectivity index (χ1) is 17.4. The van der Waals surface area contributed by atoms with Crippen molar-refractivity contribution in [1.82, 2.24) is 14.9 Å². The monoisotopic (exact) mass is 550 g/mol. The number of piperazine rings is 1. The molecular formula is C26H26Cl2F2N4O3. The fraction of sp³-hybridized carbons (Fsp3) is 0.346. The number of hydrogen-bond donors (Lipinski definition) is 0. The van der Waals surface area contributed by atoms with E-state index in [-0.39, 0.29) is 50.7 Å². The molecule has 1 aromatic heterocycles. The van der Waals surface area contributed by atoms with E-state index in [4.69, 9.17) is 32.7 Å². The summed E-state index contributed by atoms with van der Waals surface area (Å²) in [6.45, 7) is 10.2. The van der Waals surface area contributed by atoms with Crippen molar-refractivity contribution in [2.75, 3.05) is 31.6 Å². The number of fused-ring (bicyclic) bond motifs is 1. The van der Waals surface area contributed by atoms with Crippen LogP contribution < -0.4 is 9.64 Å². The van der Waals surface area contributed by atoms with E-state index in [2.05, 4.69) is 16.5 Å². The summed E-state index contributed by atoms with van der Waals surface area (Å²) < 4.78 is 41.5. The summed E-state index contributed by atoms with van der Waals surface area (Å²) in [4.78, 5) is 24.5. The van der Waals surface area contributed by atoms with Gasteiger partial charge in [-0.25, -0.2) is 18.6 Å². The highest BCUT2D eigenvalue weighted by molar-refractivity contribution is 6.34. The molecule has 0 saturated carbocycles. The van der Waals surface area contributed by atoms with Gasteiger partial charge in [0.1, 0.15) is 28.5 Å². The summed E-state index contributed by atoms with van der Waals surface area (Å²) in [6, 6.07) is 5.25. The third kappa shape index (κ3) is 5.29. The average Bonchev–Trinajstić information content (AvgIpc) is 2.83. The van der Waals surface area contributed by atoms with Crippen LogP contribution in [0.5, 0.6) is 5.75 Å². The number of carbonyl (C=O) groups is 1. The molecule has 4 rings (SSSR count). The number of aromatic nitrogens is 2. The maximum Gasteiger partial charge on any atom is 0.410 e. The first-order valence-electron chi connectivity index (χ1n) is 11.5. The number of nitrogens with zero attached hydrogens (tertiary/aromatic N) is 4. The van der Waals surface area contributed by atoms with Crippen molar-refractivity contribution in [2.24, 2.45) is 0 Å². The maximum absolute atomic E-state index is 16.0. The number of methoxy groups -OCH3 is 1. The average molecular weight is 551 g/mol. The minimum atomic E-state index is -0.862. The van der Waals surface area contributed by atoms with Crippen molar-refractivity contribution in [3.63, 3.8) is 0 Å². The van der Waals surface area contributed by atoms with Gasteiger partial charge < -0.3 is 19.3 Å². The lowest BCUT2D eigenvalue weighted by molar-refractivity contribution is 0.0225. The second kappa shape index (κ2) is 10.3. The highest BCUT2D eigenvalue weighted by Crippen LogP contribution is 2.43. The second-order valence-electron chi connectivity index (χ2n) is 9.50. The molecule has 1 aliphatic rings. The summed E-state index contributed by atoms with van der Waals surface area (Å²) in [5, 5.41) is 0.0270. The number of halogens is 4. The molecule has 1 aliphatic heterocycles. The predicted octanol–water partition coefficient (Wildman–Crippen LogP) is 6.50. The van der Waals surface area contributed by atoms with Crippen LogP contribution in [0.25, 0.3) is 22.0 Å². The lowest BCUT2D eigenvalue weighted by Gasteiger charge is -2.41. The van der Waals surface area contributed by atoms with Crippen molar-refractivity contribution in [2.45, 2.75) is 32.4 Å². The molecule has 11 heteroatoms. The smallest absolute Gasteiger partial charge is 0.410 e. The lowest BCUT2D eigenvalue weighted by atomic mass is 10.0. The van der Waals surface area contributed by atoms with E-state index in [1.165, 1.54) is 31.4 Å². The summed E-state index contributed by atoms with van der Waals surface area (Å²) in [7, 11) is 1.36. The van der Waals surface area contributed by atoms with E-state index in [0.717, 1.165) is 0 Å². The van der Waals surface area contributed by atoms with E-state index in [9.17, 15) is 9.18 Å². The molecule has 0 aliphatic carbocycles. The van der Waals surface area contributed by atoms with Gasteiger partial charge in [0.15, 0.2) is 5.82 Å². The standard InChI is InChI=1S/C26H26Cl2F2N4O3/c1-6-14-13-33(25(35)37-26(2,3)4)10-11-34(14)23-15-12-16(27)19(21(30)22(15)31-24(28)32-23)20-17(29)8-7-9-18(20)36-5/h6-9,12,14H,1,10-11,13H2,2-5H3/t14-/m0/s1. The Morgan fingerprint density at radius 2 is 1.92 bits per heavy atom. The molecule has 1 saturated heterocycles. The van der Waals surface area contributed by atoms with Crippen molar-refractivity contribution in [3.05, 3.63) is 58.9 Å². The van der Waals surface area contributed by atoms with Gasteiger partial charge in [-0.3, -0.25) is 0 Å². The number of benzene rings is 2. The fourth-order valence-electron chi connectivity index (χ4n) is 4.29. The van der Waals surface area contributed by atoms with Gasteiger partial charge in [-0.1, -0.05) is 23.7 Å². The normalized spacial score (nSPS) is 16.2. The van der Waals surface area contributed by atoms with Gasteiger partial charge in [-0.05, 0) is 50.6 Å². The summed E-state index contributed by atoms with van der Waals surface area (Å²) in [6.07, 6.45) is 1.22. The fourth-order valence-corrected chi connectivity index (χ4v) is 4.74. The number of anilines is 1. The third-order valence-electron chi connectivity index (χ3n) is 5.90. The van der Waals surface area contributed by atoms with Crippen molar-refractivity contribution < 1.29 is 23.0 Å². The minimum absolute atomic E-state index is 0.0527. The SMILES string of the molecule is C=C[C@H]1CN(C(=O)OC(C)(C)C)CCN1c1nc(Cl)nc2c(F)c(-c3c(F)cccc3OC)c(Cl)cc12. The van der Waals surface area contributed by atoms with Crippen LogP contribution in [0, 0.1) is 11.6 Å². The van der Waals surface area contributed by atoms with Crippen molar-refractivity contribution in [1.29, 1.82) is 0 Å². The molecule has 2 heterocycles. The third-order valence-corrected chi connectivity index (χ3v) is 6.36. The molecule has 2 aromatic carbocycles. The van der Waals surface area contributed by atoms with Crippen LogP contribution in [-0.2, 0) is 4.74 Å².